The van der Waals surface area contributed by atoms with Gasteiger partial charge in [-0.1, -0.05) is 60.7 Å². The number of carboxylic acid groups (broad SMARTS) is 1. The molecule has 0 saturated heterocycles. The number of carboxylic acids is 1. The molecule has 0 atom stereocenters. The first-order chi connectivity index (χ1) is 25.9. The monoisotopic (exact) mass is 708 g/mol. The molecule has 3 heterocycles. The molecule has 0 aliphatic rings. The molecule has 3 aromatic heterocycles. The van der Waals surface area contributed by atoms with Gasteiger partial charge in [0.25, 0.3) is 0 Å². The van der Waals surface area contributed by atoms with Crippen LogP contribution in [0, 0.1) is 13.8 Å². The number of oxazole rings is 2. The fourth-order valence-electron chi connectivity index (χ4n) is 5.44. The minimum atomic E-state index is -1.07. The number of hydrogen-bond donors (Lipinski definition) is 1. The maximum absolute atomic E-state index is 11.3. The maximum atomic E-state index is 11.3. The summed E-state index contributed by atoms with van der Waals surface area (Å²) in [5.74, 6) is 3.16. The van der Waals surface area contributed by atoms with Gasteiger partial charge in [0.05, 0.1) is 12.1 Å². The van der Waals surface area contributed by atoms with Crippen LogP contribution in [0.4, 0.5) is 0 Å². The van der Waals surface area contributed by atoms with Crippen molar-refractivity contribution in [3.63, 3.8) is 0 Å². The summed E-state index contributed by atoms with van der Waals surface area (Å²) in [5.41, 5.74) is 5.68. The molecule has 11 heteroatoms. The molecule has 1 N–H and O–H groups in total. The zero-order chi connectivity index (χ0) is 36.6. The number of ether oxygens (including phenoxy) is 3. The molecule has 0 fully saturated rings. The molecule has 53 heavy (non-hydrogen) atoms. The van der Waals surface area contributed by atoms with Crippen molar-refractivity contribution in [2.24, 2.45) is 0 Å². The Labute approximate surface area is 305 Å². The topological polar surface area (TPSA) is 135 Å². The molecule has 0 unspecified atom stereocenters. The highest BCUT2D eigenvalue weighted by atomic mass is 16.5. The number of aliphatic carboxylic acids is 1. The summed E-state index contributed by atoms with van der Waals surface area (Å²) in [5, 5.41) is 13.8. The van der Waals surface area contributed by atoms with Gasteiger partial charge in [0.1, 0.15) is 54.2 Å². The SMILES string of the molecule is Cc1oc(-c2ccccc2)nc1COc1ccc(COc2nn(Cc3ccc(OCc4nc(-c5ccccc5)oc4C)cc3)cc2/C=C/C(=O)O)cc1. The maximum Gasteiger partial charge on any atom is 0.328 e. The van der Waals surface area contributed by atoms with Gasteiger partial charge in [-0.25, -0.2) is 14.8 Å². The molecule has 0 radical (unpaired) electrons. The number of aromatic nitrogens is 4. The van der Waals surface area contributed by atoms with E-state index in [1.807, 2.05) is 123 Å². The lowest BCUT2D eigenvalue weighted by Gasteiger charge is -2.08. The van der Waals surface area contributed by atoms with E-state index in [-0.39, 0.29) is 19.8 Å². The molecule has 0 bridgehead atoms. The quantitative estimate of drug-likeness (QED) is 0.103. The van der Waals surface area contributed by atoms with Crippen LogP contribution in [0.15, 0.2) is 130 Å². The smallest absolute Gasteiger partial charge is 0.328 e. The molecular weight excluding hydrogens is 672 g/mol. The normalized spacial score (nSPS) is 11.2. The fourth-order valence-corrected chi connectivity index (χ4v) is 5.44. The van der Waals surface area contributed by atoms with E-state index in [1.54, 1.807) is 10.9 Å². The molecule has 0 aliphatic heterocycles. The van der Waals surface area contributed by atoms with Crippen molar-refractivity contribution in [1.29, 1.82) is 0 Å². The van der Waals surface area contributed by atoms with Gasteiger partial charge in [0.15, 0.2) is 0 Å². The first kappa shape index (κ1) is 34.6. The van der Waals surface area contributed by atoms with E-state index >= 15 is 0 Å². The fraction of sp³-hybridized carbons (Fsp3) is 0.143. The van der Waals surface area contributed by atoms with E-state index in [9.17, 15) is 9.90 Å². The third-order valence-corrected chi connectivity index (χ3v) is 8.30. The summed E-state index contributed by atoms with van der Waals surface area (Å²) in [6.45, 7) is 4.94. The average molecular weight is 709 g/mol. The minimum Gasteiger partial charge on any atom is -0.487 e. The standard InChI is InChI=1S/C42H36N4O7/c1-28-37(43-40(52-28)32-9-5-3-6-10-32)26-49-35-18-13-30(14-19-35)23-46-24-34(17-22-39(47)48)42(45-46)51-25-31-15-20-36(21-16-31)50-27-38-29(2)53-41(44-38)33-11-7-4-8-12-33/h3-22,24H,23,25-27H2,1-2H3,(H,47,48)/b22-17+. The van der Waals surface area contributed by atoms with Gasteiger partial charge in [-0.15, -0.1) is 5.10 Å². The highest BCUT2D eigenvalue weighted by Crippen LogP contribution is 2.26. The number of hydrogen-bond acceptors (Lipinski definition) is 9. The number of aryl methyl sites for hydroxylation is 2. The molecule has 4 aromatic carbocycles. The van der Waals surface area contributed by atoms with Gasteiger partial charge < -0.3 is 28.2 Å². The predicted molar refractivity (Wildman–Crippen MR) is 197 cm³/mol. The van der Waals surface area contributed by atoms with Gasteiger partial charge in [-0.2, -0.15) is 0 Å². The first-order valence-corrected chi connectivity index (χ1v) is 16.9. The van der Waals surface area contributed by atoms with Crippen LogP contribution in [0.5, 0.6) is 17.4 Å². The molecule has 11 nitrogen and oxygen atoms in total. The van der Waals surface area contributed by atoms with Crippen molar-refractivity contribution in [3.05, 3.63) is 161 Å². The Bertz CT molecular complexity index is 2310. The van der Waals surface area contributed by atoms with Crippen molar-refractivity contribution < 1.29 is 32.9 Å². The lowest BCUT2D eigenvalue weighted by molar-refractivity contribution is -0.131. The van der Waals surface area contributed by atoms with E-state index in [1.165, 1.54) is 6.08 Å². The third kappa shape index (κ3) is 8.89. The summed E-state index contributed by atoms with van der Waals surface area (Å²) < 4.78 is 31.4. The van der Waals surface area contributed by atoms with E-state index in [0.717, 1.165) is 39.7 Å². The predicted octanol–water partition coefficient (Wildman–Crippen LogP) is 8.69. The summed E-state index contributed by atoms with van der Waals surface area (Å²) in [6.07, 6.45) is 4.29. The number of nitrogens with zero attached hydrogens (tertiary/aromatic N) is 4. The molecule has 7 aromatic rings. The summed E-state index contributed by atoms with van der Waals surface area (Å²) >= 11 is 0. The molecule has 266 valence electrons. The zero-order valence-electron chi connectivity index (χ0n) is 29.1. The molecule has 0 aliphatic carbocycles. The van der Waals surface area contributed by atoms with Crippen LogP contribution in [-0.4, -0.2) is 30.8 Å². The Morgan fingerprint density at radius 3 is 1.70 bits per heavy atom. The van der Waals surface area contributed by atoms with Crippen LogP contribution in [0.3, 0.4) is 0 Å². The highest BCUT2D eigenvalue weighted by Gasteiger charge is 2.14. The zero-order valence-corrected chi connectivity index (χ0v) is 29.1. The number of rotatable bonds is 15. The Morgan fingerprint density at radius 1 is 0.679 bits per heavy atom. The second-order valence-corrected chi connectivity index (χ2v) is 12.2. The van der Waals surface area contributed by atoms with E-state index in [0.29, 0.717) is 52.8 Å². The Morgan fingerprint density at radius 2 is 1.19 bits per heavy atom. The van der Waals surface area contributed by atoms with Crippen molar-refractivity contribution in [2.45, 2.75) is 40.2 Å². The van der Waals surface area contributed by atoms with Crippen molar-refractivity contribution in [3.8, 4) is 40.3 Å². The Hall–Kier alpha value is -6.88. The van der Waals surface area contributed by atoms with Crippen LogP contribution < -0.4 is 14.2 Å². The van der Waals surface area contributed by atoms with Crippen LogP contribution >= 0.6 is 0 Å². The van der Waals surface area contributed by atoms with Gasteiger partial charge in [-0.3, -0.25) is 4.68 Å². The highest BCUT2D eigenvalue weighted by molar-refractivity contribution is 5.85. The lowest BCUT2D eigenvalue weighted by Crippen LogP contribution is -2.02. The van der Waals surface area contributed by atoms with Crippen molar-refractivity contribution in [1.82, 2.24) is 19.7 Å². The van der Waals surface area contributed by atoms with Gasteiger partial charge >= 0.3 is 5.97 Å². The first-order valence-electron chi connectivity index (χ1n) is 16.9. The summed E-state index contributed by atoms with van der Waals surface area (Å²) in [7, 11) is 0. The van der Waals surface area contributed by atoms with Crippen molar-refractivity contribution >= 4 is 12.0 Å². The molecule has 7 rings (SSSR count). The molecule has 0 saturated carbocycles. The molecule has 0 spiro atoms. The number of benzene rings is 4. The van der Waals surface area contributed by atoms with Gasteiger partial charge in [0.2, 0.25) is 17.7 Å². The second-order valence-electron chi connectivity index (χ2n) is 12.2. The van der Waals surface area contributed by atoms with E-state index < -0.39 is 5.97 Å². The van der Waals surface area contributed by atoms with E-state index in [2.05, 4.69) is 15.1 Å². The second kappa shape index (κ2) is 16.0. The van der Waals surface area contributed by atoms with Gasteiger partial charge in [0, 0.05) is 23.4 Å². The van der Waals surface area contributed by atoms with E-state index in [4.69, 9.17) is 23.0 Å². The number of carbonyl (C=O) groups is 1. The Kier molecular flexibility index (Phi) is 10.4. The van der Waals surface area contributed by atoms with Crippen LogP contribution in [0.2, 0.25) is 0 Å². The van der Waals surface area contributed by atoms with Crippen LogP contribution in [0.1, 0.15) is 39.6 Å². The minimum absolute atomic E-state index is 0.220. The Balaban J connectivity index is 0.942. The van der Waals surface area contributed by atoms with Crippen LogP contribution in [-0.2, 0) is 31.2 Å². The molecule has 0 amide bonds. The molecular formula is C42H36N4O7. The average Bonchev–Trinajstić information content (AvgIpc) is 3.88. The largest absolute Gasteiger partial charge is 0.487 e. The summed E-state index contributed by atoms with van der Waals surface area (Å²) in [6, 6.07) is 34.7. The summed E-state index contributed by atoms with van der Waals surface area (Å²) in [4.78, 5) is 20.5. The van der Waals surface area contributed by atoms with Gasteiger partial charge in [-0.05, 0) is 79.6 Å². The van der Waals surface area contributed by atoms with Crippen LogP contribution in [0.25, 0.3) is 29.0 Å². The van der Waals surface area contributed by atoms with Crippen molar-refractivity contribution in [2.75, 3.05) is 0 Å². The lowest BCUT2D eigenvalue weighted by atomic mass is 10.2. The third-order valence-electron chi connectivity index (χ3n) is 8.30.